The van der Waals surface area contributed by atoms with E-state index in [9.17, 15) is 4.79 Å². The highest BCUT2D eigenvalue weighted by atomic mass is 16.5. The molecule has 1 amide bonds. The number of methoxy groups -OCH3 is 2. The smallest absolute Gasteiger partial charge is 0.251 e. The molecule has 3 aromatic carbocycles. The van der Waals surface area contributed by atoms with Gasteiger partial charge >= 0.3 is 0 Å². The van der Waals surface area contributed by atoms with Crippen LogP contribution in [0.5, 0.6) is 11.5 Å². The Morgan fingerprint density at radius 2 is 1.18 bits per heavy atom. The topological polar surface area (TPSA) is 141 Å². The molecule has 4 N–H and O–H groups in total. The van der Waals surface area contributed by atoms with Crippen molar-refractivity contribution in [1.29, 1.82) is 0 Å². The molecular formula is C33H41N7O5. The fourth-order valence-electron chi connectivity index (χ4n) is 4.21. The molecule has 0 aliphatic rings. The molecule has 1 aromatic heterocycles. The summed E-state index contributed by atoms with van der Waals surface area (Å²) in [5.41, 5.74) is 2.80. The fraction of sp³-hybridized carbons (Fsp3) is 0.333. The van der Waals surface area contributed by atoms with Crippen molar-refractivity contribution in [2.75, 3.05) is 76.2 Å². The maximum Gasteiger partial charge on any atom is 0.251 e. The van der Waals surface area contributed by atoms with Gasteiger partial charge in [0.05, 0.1) is 40.6 Å². The van der Waals surface area contributed by atoms with E-state index in [0.29, 0.717) is 87.5 Å². The summed E-state index contributed by atoms with van der Waals surface area (Å²) in [6.45, 7) is 3.73. The summed E-state index contributed by atoms with van der Waals surface area (Å²) in [4.78, 5) is 25.7. The van der Waals surface area contributed by atoms with Crippen LogP contribution in [0.1, 0.15) is 21.5 Å². The van der Waals surface area contributed by atoms with Crippen LogP contribution < -0.4 is 30.7 Å². The summed E-state index contributed by atoms with van der Waals surface area (Å²) in [5, 5.41) is 12.6. The van der Waals surface area contributed by atoms with Gasteiger partial charge < -0.3 is 40.2 Å². The molecule has 0 radical (unpaired) electrons. The SMILES string of the molecule is COc1cc(CNc2nc(NCCOCCOCCNC(=O)c3ccccc3)nc(NCCc3ccccc3)n2)cc(OC)c1. The molecule has 0 atom stereocenters. The number of hydrogen-bond acceptors (Lipinski definition) is 11. The number of ether oxygens (including phenoxy) is 4. The van der Waals surface area contributed by atoms with Crippen molar-refractivity contribution in [3.63, 3.8) is 0 Å². The minimum atomic E-state index is -0.117. The van der Waals surface area contributed by atoms with Gasteiger partial charge in [-0.15, -0.1) is 0 Å². The number of hydrogen-bond donors (Lipinski definition) is 4. The number of carbonyl (C=O) groups excluding carboxylic acids is 1. The second-order valence-electron chi connectivity index (χ2n) is 9.82. The normalized spacial score (nSPS) is 10.6. The molecule has 0 aliphatic heterocycles. The van der Waals surface area contributed by atoms with Gasteiger partial charge in [-0.1, -0.05) is 48.5 Å². The highest BCUT2D eigenvalue weighted by Gasteiger charge is 2.09. The second kappa shape index (κ2) is 18.7. The molecule has 0 spiro atoms. The molecule has 238 valence electrons. The van der Waals surface area contributed by atoms with Crippen molar-refractivity contribution in [2.45, 2.75) is 13.0 Å². The van der Waals surface area contributed by atoms with Crippen molar-refractivity contribution in [1.82, 2.24) is 20.3 Å². The zero-order valence-corrected chi connectivity index (χ0v) is 25.8. The van der Waals surface area contributed by atoms with Crippen LogP contribution in [-0.4, -0.2) is 81.1 Å². The van der Waals surface area contributed by atoms with Gasteiger partial charge in [0.25, 0.3) is 5.91 Å². The lowest BCUT2D eigenvalue weighted by Crippen LogP contribution is -2.27. The average molecular weight is 616 g/mol. The van der Waals surface area contributed by atoms with Crippen molar-refractivity contribution < 1.29 is 23.7 Å². The van der Waals surface area contributed by atoms with Crippen LogP contribution in [0.25, 0.3) is 0 Å². The summed E-state index contributed by atoms with van der Waals surface area (Å²) in [6, 6.07) is 25.0. The Balaban J connectivity index is 1.21. The number of amides is 1. The third-order valence-corrected chi connectivity index (χ3v) is 6.51. The number of anilines is 3. The highest BCUT2D eigenvalue weighted by molar-refractivity contribution is 5.94. The number of nitrogens with zero attached hydrogens (tertiary/aromatic N) is 3. The number of carbonyl (C=O) groups is 1. The largest absolute Gasteiger partial charge is 0.497 e. The van der Waals surface area contributed by atoms with Crippen LogP contribution in [0.3, 0.4) is 0 Å². The standard InChI is InChI=1S/C33H41N7O5/c1-42-28-21-26(22-29(23-28)43-2)24-37-33-39-31(35-14-13-25-9-5-3-6-10-25)38-32(40-33)36-16-18-45-20-19-44-17-15-34-30(41)27-11-7-4-8-12-27/h3-12,21-23H,13-20,24H2,1-2H3,(H,34,41)(H3,35,36,37,38,39,40). The van der Waals surface area contributed by atoms with Crippen LogP contribution in [0.2, 0.25) is 0 Å². The average Bonchev–Trinajstić information content (AvgIpc) is 3.08. The Labute approximate surface area is 263 Å². The Hall–Kier alpha value is -4.94. The van der Waals surface area contributed by atoms with Crippen molar-refractivity contribution in [3.8, 4) is 11.5 Å². The molecule has 0 saturated carbocycles. The zero-order valence-electron chi connectivity index (χ0n) is 25.8. The Kier molecular flexibility index (Phi) is 13.7. The third-order valence-electron chi connectivity index (χ3n) is 6.51. The van der Waals surface area contributed by atoms with E-state index in [0.717, 1.165) is 12.0 Å². The maximum atomic E-state index is 12.0. The van der Waals surface area contributed by atoms with Crippen LogP contribution in [-0.2, 0) is 22.4 Å². The minimum Gasteiger partial charge on any atom is -0.497 e. The lowest BCUT2D eigenvalue weighted by molar-refractivity contribution is 0.0519. The monoisotopic (exact) mass is 615 g/mol. The molecule has 4 rings (SSSR count). The molecule has 12 heteroatoms. The highest BCUT2D eigenvalue weighted by Crippen LogP contribution is 2.23. The first-order valence-electron chi connectivity index (χ1n) is 14.8. The number of rotatable bonds is 20. The number of aromatic nitrogens is 3. The minimum absolute atomic E-state index is 0.117. The third kappa shape index (κ3) is 11.9. The Morgan fingerprint density at radius 1 is 0.622 bits per heavy atom. The van der Waals surface area contributed by atoms with Gasteiger partial charge in [0, 0.05) is 37.8 Å². The van der Waals surface area contributed by atoms with Crippen LogP contribution in [0.15, 0.2) is 78.9 Å². The first kappa shape index (κ1) is 33.0. The first-order chi connectivity index (χ1) is 22.1. The van der Waals surface area contributed by atoms with Crippen molar-refractivity contribution in [2.24, 2.45) is 0 Å². The zero-order chi connectivity index (χ0) is 31.5. The summed E-state index contributed by atoms with van der Waals surface area (Å²) in [5.74, 6) is 2.59. The van der Waals surface area contributed by atoms with E-state index in [1.807, 2.05) is 54.6 Å². The number of benzene rings is 3. The molecule has 45 heavy (non-hydrogen) atoms. The summed E-state index contributed by atoms with van der Waals surface area (Å²) in [7, 11) is 3.24. The predicted molar refractivity (Wildman–Crippen MR) is 174 cm³/mol. The molecule has 12 nitrogen and oxygen atoms in total. The molecule has 4 aromatic rings. The van der Waals surface area contributed by atoms with Gasteiger partial charge in [0.1, 0.15) is 11.5 Å². The van der Waals surface area contributed by atoms with Gasteiger partial charge in [0.15, 0.2) is 0 Å². The Morgan fingerprint density at radius 3 is 1.80 bits per heavy atom. The van der Waals surface area contributed by atoms with Gasteiger partial charge in [-0.25, -0.2) is 0 Å². The van der Waals surface area contributed by atoms with E-state index < -0.39 is 0 Å². The van der Waals surface area contributed by atoms with Crippen molar-refractivity contribution in [3.05, 3.63) is 95.6 Å². The van der Waals surface area contributed by atoms with E-state index in [-0.39, 0.29) is 5.91 Å². The van der Waals surface area contributed by atoms with E-state index in [1.54, 1.807) is 26.4 Å². The summed E-state index contributed by atoms with van der Waals surface area (Å²) >= 11 is 0. The van der Waals surface area contributed by atoms with E-state index >= 15 is 0 Å². The molecule has 0 bridgehead atoms. The summed E-state index contributed by atoms with van der Waals surface area (Å²) in [6.07, 6.45) is 0.830. The molecule has 0 unspecified atom stereocenters. The quantitative estimate of drug-likeness (QED) is 0.107. The van der Waals surface area contributed by atoms with Crippen LogP contribution in [0, 0.1) is 0 Å². The van der Waals surface area contributed by atoms with Crippen molar-refractivity contribution >= 4 is 23.8 Å². The lowest BCUT2D eigenvalue weighted by atomic mass is 10.1. The van der Waals surface area contributed by atoms with Gasteiger partial charge in [-0.3, -0.25) is 4.79 Å². The predicted octanol–water partition coefficient (Wildman–Crippen LogP) is 4.03. The number of nitrogens with one attached hydrogen (secondary N) is 4. The second-order valence-corrected chi connectivity index (χ2v) is 9.82. The molecule has 1 heterocycles. The first-order valence-corrected chi connectivity index (χ1v) is 14.8. The molecular weight excluding hydrogens is 574 g/mol. The van der Waals surface area contributed by atoms with E-state index in [2.05, 4.69) is 48.4 Å². The van der Waals surface area contributed by atoms with Gasteiger partial charge in [-0.2, -0.15) is 15.0 Å². The lowest BCUT2D eigenvalue weighted by Gasteiger charge is -2.13. The van der Waals surface area contributed by atoms with Gasteiger partial charge in [0.2, 0.25) is 17.8 Å². The maximum absolute atomic E-state index is 12.0. The van der Waals surface area contributed by atoms with E-state index in [1.165, 1.54) is 5.56 Å². The fourth-order valence-corrected chi connectivity index (χ4v) is 4.21. The molecule has 0 aliphatic carbocycles. The Bertz CT molecular complexity index is 1420. The molecule has 0 saturated heterocycles. The van der Waals surface area contributed by atoms with E-state index in [4.69, 9.17) is 18.9 Å². The van der Waals surface area contributed by atoms with Crippen LogP contribution >= 0.6 is 0 Å². The molecule has 0 fully saturated rings. The van der Waals surface area contributed by atoms with Crippen LogP contribution in [0.4, 0.5) is 17.8 Å². The summed E-state index contributed by atoms with van der Waals surface area (Å²) < 4.78 is 22.0. The van der Waals surface area contributed by atoms with Gasteiger partial charge in [-0.05, 0) is 41.8 Å².